The third-order valence-corrected chi connectivity index (χ3v) is 5.12. The predicted molar refractivity (Wildman–Crippen MR) is 84.8 cm³/mol. The largest absolute Gasteiger partial charge is 0.339 e. The minimum Gasteiger partial charge on any atom is -0.339 e. The first kappa shape index (κ1) is 14.6. The summed E-state index contributed by atoms with van der Waals surface area (Å²) in [5.41, 5.74) is 0.759. The first-order chi connectivity index (χ1) is 10.1. The van der Waals surface area contributed by atoms with E-state index in [1.165, 1.54) is 12.8 Å². The average Bonchev–Trinajstić information content (AvgIpc) is 3.10. The molecular weight excluding hydrogens is 332 g/mol. The predicted octanol–water partition coefficient (Wildman–Crippen LogP) is 3.18. The molecule has 4 nitrogen and oxygen atoms in total. The van der Waals surface area contributed by atoms with Crippen molar-refractivity contribution >= 4 is 33.4 Å². The van der Waals surface area contributed by atoms with Crippen LogP contribution in [-0.2, 0) is 9.59 Å². The summed E-state index contributed by atoms with van der Waals surface area (Å²) in [6.45, 7) is 0.569. The van der Waals surface area contributed by atoms with Crippen molar-refractivity contribution in [2.45, 2.75) is 38.1 Å². The minimum absolute atomic E-state index is 0.0595. The third kappa shape index (κ3) is 3.12. The van der Waals surface area contributed by atoms with E-state index in [9.17, 15) is 9.59 Å². The fourth-order valence-corrected chi connectivity index (χ4v) is 3.66. The van der Waals surface area contributed by atoms with Crippen LogP contribution in [0.2, 0.25) is 0 Å². The van der Waals surface area contributed by atoms with Gasteiger partial charge in [-0.15, -0.1) is 0 Å². The zero-order valence-corrected chi connectivity index (χ0v) is 13.4. The van der Waals surface area contributed by atoms with E-state index >= 15 is 0 Å². The Kier molecular flexibility index (Phi) is 4.29. The first-order valence-electron chi connectivity index (χ1n) is 7.50. The molecule has 1 saturated carbocycles. The molecule has 1 aromatic carbocycles. The number of para-hydroxylation sites is 1. The van der Waals surface area contributed by atoms with Crippen LogP contribution in [0.15, 0.2) is 28.7 Å². The molecule has 1 saturated heterocycles. The SMILES string of the molecule is O=C(Nc1ccccc1Br)[C@H]1CC(=O)N(C2CCCC2)C1. The van der Waals surface area contributed by atoms with Crippen LogP contribution in [0.4, 0.5) is 5.69 Å². The smallest absolute Gasteiger partial charge is 0.229 e. The Balaban J connectivity index is 1.64. The molecule has 21 heavy (non-hydrogen) atoms. The zero-order valence-electron chi connectivity index (χ0n) is 11.8. The average molecular weight is 351 g/mol. The van der Waals surface area contributed by atoms with Crippen molar-refractivity contribution in [3.8, 4) is 0 Å². The number of benzene rings is 1. The number of halogens is 1. The third-order valence-electron chi connectivity index (χ3n) is 4.43. The van der Waals surface area contributed by atoms with Gasteiger partial charge in [0, 0.05) is 23.5 Å². The first-order valence-corrected chi connectivity index (χ1v) is 8.29. The van der Waals surface area contributed by atoms with Crippen molar-refractivity contribution in [1.82, 2.24) is 4.90 Å². The Morgan fingerprint density at radius 1 is 1.24 bits per heavy atom. The molecule has 112 valence electrons. The van der Waals surface area contributed by atoms with Gasteiger partial charge in [-0.25, -0.2) is 0 Å². The molecule has 2 amide bonds. The molecule has 1 aliphatic heterocycles. The van der Waals surface area contributed by atoms with Crippen LogP contribution in [0.1, 0.15) is 32.1 Å². The van der Waals surface area contributed by atoms with Crippen LogP contribution in [0, 0.1) is 5.92 Å². The number of anilines is 1. The number of carbonyl (C=O) groups is 2. The summed E-state index contributed by atoms with van der Waals surface area (Å²) in [4.78, 5) is 26.4. The zero-order chi connectivity index (χ0) is 14.8. The van der Waals surface area contributed by atoms with Gasteiger partial charge in [-0.2, -0.15) is 0 Å². The summed E-state index contributed by atoms with van der Waals surface area (Å²) in [5, 5.41) is 2.92. The van der Waals surface area contributed by atoms with E-state index in [1.54, 1.807) is 0 Å². The van der Waals surface area contributed by atoms with Crippen LogP contribution in [0.5, 0.6) is 0 Å². The summed E-state index contributed by atoms with van der Waals surface area (Å²) < 4.78 is 0.857. The highest BCUT2D eigenvalue weighted by molar-refractivity contribution is 9.10. The van der Waals surface area contributed by atoms with Crippen LogP contribution in [0.3, 0.4) is 0 Å². The Hall–Kier alpha value is -1.36. The fourth-order valence-electron chi connectivity index (χ4n) is 3.27. The molecule has 0 radical (unpaired) electrons. The van der Waals surface area contributed by atoms with Gasteiger partial charge >= 0.3 is 0 Å². The fraction of sp³-hybridized carbons (Fsp3) is 0.500. The lowest BCUT2D eigenvalue weighted by molar-refractivity contribution is -0.129. The molecule has 2 aliphatic rings. The summed E-state index contributed by atoms with van der Waals surface area (Å²) in [7, 11) is 0. The topological polar surface area (TPSA) is 49.4 Å². The van der Waals surface area contributed by atoms with E-state index < -0.39 is 0 Å². The Morgan fingerprint density at radius 2 is 1.95 bits per heavy atom. The molecule has 0 spiro atoms. The molecule has 5 heteroatoms. The number of rotatable bonds is 3. The summed E-state index contributed by atoms with van der Waals surface area (Å²) in [5.74, 6) is -0.157. The van der Waals surface area contributed by atoms with Crippen molar-refractivity contribution in [2.24, 2.45) is 5.92 Å². The van der Waals surface area contributed by atoms with E-state index in [2.05, 4.69) is 21.2 Å². The normalized spacial score (nSPS) is 22.8. The number of hydrogen-bond acceptors (Lipinski definition) is 2. The summed E-state index contributed by atoms with van der Waals surface area (Å²) in [6.07, 6.45) is 4.91. The molecule has 1 atom stereocenters. The number of likely N-dealkylation sites (tertiary alicyclic amines) is 1. The Bertz CT molecular complexity index is 555. The molecular formula is C16H19BrN2O2. The van der Waals surface area contributed by atoms with E-state index in [0.717, 1.165) is 23.0 Å². The van der Waals surface area contributed by atoms with Crippen molar-refractivity contribution < 1.29 is 9.59 Å². The lowest BCUT2D eigenvalue weighted by Gasteiger charge is -2.23. The molecule has 0 unspecified atom stereocenters. The molecule has 2 fully saturated rings. The summed E-state index contributed by atoms with van der Waals surface area (Å²) >= 11 is 3.42. The van der Waals surface area contributed by atoms with Gasteiger partial charge in [0.05, 0.1) is 11.6 Å². The maximum Gasteiger partial charge on any atom is 0.229 e. The Morgan fingerprint density at radius 3 is 2.67 bits per heavy atom. The Labute approximate surface area is 133 Å². The van der Waals surface area contributed by atoms with Gasteiger partial charge in [-0.3, -0.25) is 9.59 Å². The highest BCUT2D eigenvalue weighted by Gasteiger charge is 2.38. The van der Waals surface area contributed by atoms with E-state index in [0.29, 0.717) is 19.0 Å². The second-order valence-corrected chi connectivity index (χ2v) is 6.71. The second-order valence-electron chi connectivity index (χ2n) is 5.85. The van der Waals surface area contributed by atoms with E-state index in [1.807, 2.05) is 29.2 Å². The van der Waals surface area contributed by atoms with Crippen LogP contribution >= 0.6 is 15.9 Å². The number of hydrogen-bond donors (Lipinski definition) is 1. The number of amides is 2. The van der Waals surface area contributed by atoms with Gasteiger partial charge in [0.25, 0.3) is 0 Å². The van der Waals surface area contributed by atoms with Crippen LogP contribution < -0.4 is 5.32 Å². The van der Waals surface area contributed by atoms with Crippen molar-refractivity contribution in [3.63, 3.8) is 0 Å². The minimum atomic E-state index is -0.231. The van der Waals surface area contributed by atoms with Crippen molar-refractivity contribution in [1.29, 1.82) is 0 Å². The number of nitrogens with one attached hydrogen (secondary N) is 1. The highest BCUT2D eigenvalue weighted by Crippen LogP contribution is 2.30. The summed E-state index contributed by atoms with van der Waals surface area (Å²) in [6, 6.07) is 7.89. The molecule has 1 N–H and O–H groups in total. The van der Waals surface area contributed by atoms with Crippen LogP contribution in [-0.4, -0.2) is 29.3 Å². The molecule has 0 bridgehead atoms. The van der Waals surface area contributed by atoms with Crippen molar-refractivity contribution in [2.75, 3.05) is 11.9 Å². The highest BCUT2D eigenvalue weighted by atomic mass is 79.9. The van der Waals surface area contributed by atoms with Gasteiger partial charge in [0.1, 0.15) is 0 Å². The van der Waals surface area contributed by atoms with Gasteiger partial charge in [0.15, 0.2) is 0 Å². The molecule has 1 heterocycles. The second kappa shape index (κ2) is 6.18. The maximum absolute atomic E-state index is 12.4. The monoisotopic (exact) mass is 350 g/mol. The van der Waals surface area contributed by atoms with E-state index in [-0.39, 0.29) is 17.7 Å². The van der Waals surface area contributed by atoms with Gasteiger partial charge in [-0.1, -0.05) is 25.0 Å². The maximum atomic E-state index is 12.4. The van der Waals surface area contributed by atoms with E-state index in [4.69, 9.17) is 0 Å². The molecule has 1 aromatic rings. The van der Waals surface area contributed by atoms with Crippen molar-refractivity contribution in [3.05, 3.63) is 28.7 Å². The lowest BCUT2D eigenvalue weighted by atomic mass is 10.1. The molecule has 3 rings (SSSR count). The van der Waals surface area contributed by atoms with Crippen LogP contribution in [0.25, 0.3) is 0 Å². The number of carbonyl (C=O) groups excluding carboxylic acids is 2. The quantitative estimate of drug-likeness (QED) is 0.909. The molecule has 0 aromatic heterocycles. The van der Waals surface area contributed by atoms with Gasteiger partial charge in [0.2, 0.25) is 11.8 Å². The van der Waals surface area contributed by atoms with Gasteiger partial charge < -0.3 is 10.2 Å². The lowest BCUT2D eigenvalue weighted by Crippen LogP contribution is -2.35. The van der Waals surface area contributed by atoms with Gasteiger partial charge in [-0.05, 0) is 40.9 Å². The molecule has 1 aliphatic carbocycles. The number of nitrogens with zero attached hydrogens (tertiary/aromatic N) is 1. The standard InChI is InChI=1S/C16H19BrN2O2/c17-13-7-3-4-8-14(13)18-16(21)11-9-15(20)19(10-11)12-5-1-2-6-12/h3-4,7-8,11-12H,1-2,5-6,9-10H2,(H,18,21)/t11-/m0/s1.